The van der Waals surface area contributed by atoms with Crippen molar-refractivity contribution in [2.24, 2.45) is 0 Å². The number of carbonyl (C=O) groups excluding carboxylic acids is 1. The van der Waals surface area contributed by atoms with E-state index in [0.717, 1.165) is 25.0 Å². The summed E-state index contributed by atoms with van der Waals surface area (Å²) in [6.07, 6.45) is -2.62. The van der Waals surface area contributed by atoms with Crippen LogP contribution in [0.2, 0.25) is 0 Å². The Bertz CT molecular complexity index is 465. The van der Waals surface area contributed by atoms with Gasteiger partial charge in [0, 0.05) is 13.1 Å². The molecule has 0 aliphatic carbocycles. The molecule has 1 unspecified atom stereocenters. The van der Waals surface area contributed by atoms with E-state index in [4.69, 9.17) is 0 Å². The highest BCUT2D eigenvalue weighted by Crippen LogP contribution is 2.29. The molecule has 0 aliphatic heterocycles. The minimum atomic E-state index is -4.34. The number of amides is 2. The molecule has 0 bridgehead atoms. The first-order valence-electron chi connectivity index (χ1n) is 7.52. The number of urea groups is 1. The van der Waals surface area contributed by atoms with Crippen molar-refractivity contribution in [2.45, 2.75) is 45.8 Å². The van der Waals surface area contributed by atoms with Gasteiger partial charge in [-0.1, -0.05) is 26.0 Å². The molecule has 0 aliphatic rings. The van der Waals surface area contributed by atoms with E-state index >= 15 is 0 Å². The lowest BCUT2D eigenvalue weighted by Gasteiger charge is -2.24. The van der Waals surface area contributed by atoms with Crippen LogP contribution in [0.1, 0.15) is 50.8 Å². The number of benzene rings is 1. The van der Waals surface area contributed by atoms with Gasteiger partial charge in [-0.15, -0.1) is 0 Å². The van der Waals surface area contributed by atoms with Crippen molar-refractivity contribution in [3.05, 3.63) is 35.4 Å². The minimum absolute atomic E-state index is 0.184. The number of alkyl halides is 3. The summed E-state index contributed by atoms with van der Waals surface area (Å²) in [6, 6.07) is 4.35. The SMILES string of the molecule is CCCN(CCC)C(=O)NC(C)c1ccc(C(F)(F)F)cc1. The van der Waals surface area contributed by atoms with Gasteiger partial charge in [-0.25, -0.2) is 4.79 Å². The molecule has 0 heterocycles. The van der Waals surface area contributed by atoms with Gasteiger partial charge in [0.2, 0.25) is 0 Å². The molecule has 0 aromatic heterocycles. The van der Waals surface area contributed by atoms with Gasteiger partial charge in [0.1, 0.15) is 0 Å². The summed E-state index contributed by atoms with van der Waals surface area (Å²) in [7, 11) is 0. The van der Waals surface area contributed by atoms with E-state index in [1.54, 1.807) is 11.8 Å². The maximum atomic E-state index is 12.5. The lowest BCUT2D eigenvalue weighted by Crippen LogP contribution is -2.41. The molecule has 1 aromatic rings. The van der Waals surface area contributed by atoms with E-state index < -0.39 is 11.7 Å². The predicted molar refractivity (Wildman–Crippen MR) is 80.5 cm³/mol. The lowest BCUT2D eigenvalue weighted by molar-refractivity contribution is -0.137. The molecular weight excluding hydrogens is 293 g/mol. The van der Waals surface area contributed by atoms with Crippen molar-refractivity contribution in [3.63, 3.8) is 0 Å². The summed E-state index contributed by atoms with van der Waals surface area (Å²) in [5, 5.41) is 2.83. The van der Waals surface area contributed by atoms with E-state index in [1.807, 2.05) is 13.8 Å². The van der Waals surface area contributed by atoms with Gasteiger partial charge in [0.05, 0.1) is 11.6 Å². The van der Waals surface area contributed by atoms with Crippen LogP contribution in [0.5, 0.6) is 0 Å². The largest absolute Gasteiger partial charge is 0.416 e. The Hall–Kier alpha value is -1.72. The van der Waals surface area contributed by atoms with Gasteiger partial charge in [-0.2, -0.15) is 13.2 Å². The van der Waals surface area contributed by atoms with Crippen molar-refractivity contribution < 1.29 is 18.0 Å². The monoisotopic (exact) mass is 316 g/mol. The fraction of sp³-hybridized carbons (Fsp3) is 0.562. The van der Waals surface area contributed by atoms with Crippen LogP contribution in [-0.4, -0.2) is 24.0 Å². The maximum absolute atomic E-state index is 12.5. The molecule has 124 valence electrons. The number of hydrogen-bond donors (Lipinski definition) is 1. The Morgan fingerprint density at radius 1 is 1.14 bits per heavy atom. The summed E-state index contributed by atoms with van der Waals surface area (Å²) < 4.78 is 37.6. The molecule has 1 rings (SSSR count). The Labute approximate surface area is 129 Å². The molecule has 0 saturated heterocycles. The molecule has 6 heteroatoms. The van der Waals surface area contributed by atoms with Crippen LogP contribution in [-0.2, 0) is 6.18 Å². The highest BCUT2D eigenvalue weighted by molar-refractivity contribution is 5.74. The van der Waals surface area contributed by atoms with Crippen molar-refractivity contribution in [1.29, 1.82) is 0 Å². The van der Waals surface area contributed by atoms with Crippen LogP contribution in [0.25, 0.3) is 0 Å². The topological polar surface area (TPSA) is 32.3 Å². The Kier molecular flexibility index (Phi) is 6.71. The number of carbonyl (C=O) groups is 1. The number of rotatable bonds is 6. The van der Waals surface area contributed by atoms with Crippen molar-refractivity contribution in [2.75, 3.05) is 13.1 Å². The zero-order chi connectivity index (χ0) is 16.8. The first-order chi connectivity index (χ1) is 10.3. The van der Waals surface area contributed by atoms with Crippen LogP contribution in [0.15, 0.2) is 24.3 Å². The minimum Gasteiger partial charge on any atom is -0.331 e. The zero-order valence-electron chi connectivity index (χ0n) is 13.2. The third-order valence-corrected chi connectivity index (χ3v) is 3.35. The molecule has 1 atom stereocenters. The van der Waals surface area contributed by atoms with Gasteiger partial charge in [-0.05, 0) is 37.5 Å². The molecule has 1 N–H and O–H groups in total. The second kappa shape index (κ2) is 8.06. The molecular formula is C16H23F3N2O. The van der Waals surface area contributed by atoms with Gasteiger partial charge in [0.25, 0.3) is 0 Å². The van der Waals surface area contributed by atoms with Gasteiger partial charge < -0.3 is 10.2 Å². The van der Waals surface area contributed by atoms with E-state index in [2.05, 4.69) is 5.32 Å². The first kappa shape index (κ1) is 18.3. The van der Waals surface area contributed by atoms with E-state index in [9.17, 15) is 18.0 Å². The Morgan fingerprint density at radius 3 is 2.05 bits per heavy atom. The summed E-state index contributed by atoms with van der Waals surface area (Å²) in [5.41, 5.74) is -0.0392. The first-order valence-corrected chi connectivity index (χ1v) is 7.52. The van der Waals surface area contributed by atoms with Crippen molar-refractivity contribution >= 4 is 6.03 Å². The summed E-state index contributed by atoms with van der Waals surface area (Å²) >= 11 is 0. The van der Waals surface area contributed by atoms with Crippen molar-refractivity contribution in [1.82, 2.24) is 10.2 Å². The third-order valence-electron chi connectivity index (χ3n) is 3.35. The van der Waals surface area contributed by atoms with Gasteiger partial charge >= 0.3 is 12.2 Å². The molecule has 0 saturated carbocycles. The normalized spacial score (nSPS) is 12.8. The summed E-state index contributed by atoms with van der Waals surface area (Å²) in [6.45, 7) is 7.08. The highest BCUT2D eigenvalue weighted by Gasteiger charge is 2.30. The van der Waals surface area contributed by atoms with Gasteiger partial charge in [0.15, 0.2) is 0 Å². The molecule has 3 nitrogen and oxygen atoms in total. The summed E-state index contributed by atoms with van der Waals surface area (Å²) in [5.74, 6) is 0. The standard InChI is InChI=1S/C16H23F3N2O/c1-4-10-21(11-5-2)15(22)20-12(3)13-6-8-14(9-7-13)16(17,18)19/h6-9,12H,4-5,10-11H2,1-3H3,(H,20,22). The van der Waals surface area contributed by atoms with Crippen LogP contribution >= 0.6 is 0 Å². The maximum Gasteiger partial charge on any atom is 0.416 e. The fourth-order valence-electron chi connectivity index (χ4n) is 2.18. The van der Waals surface area contributed by atoms with E-state index in [0.29, 0.717) is 18.7 Å². The fourth-order valence-corrected chi connectivity index (χ4v) is 2.18. The number of halogens is 3. The second-order valence-electron chi connectivity index (χ2n) is 5.28. The lowest BCUT2D eigenvalue weighted by atomic mass is 10.1. The van der Waals surface area contributed by atoms with Gasteiger partial charge in [-0.3, -0.25) is 0 Å². The third kappa shape index (κ3) is 5.24. The average molecular weight is 316 g/mol. The number of nitrogens with zero attached hydrogens (tertiary/aromatic N) is 1. The van der Waals surface area contributed by atoms with E-state index in [1.165, 1.54) is 12.1 Å². The zero-order valence-corrected chi connectivity index (χ0v) is 13.2. The van der Waals surface area contributed by atoms with E-state index in [-0.39, 0.29) is 12.1 Å². The molecule has 0 spiro atoms. The number of hydrogen-bond acceptors (Lipinski definition) is 1. The number of nitrogens with one attached hydrogen (secondary N) is 1. The molecule has 0 fully saturated rings. The van der Waals surface area contributed by atoms with Crippen LogP contribution in [0, 0.1) is 0 Å². The molecule has 0 radical (unpaired) electrons. The summed E-state index contributed by atoms with van der Waals surface area (Å²) in [4.78, 5) is 13.9. The quantitative estimate of drug-likeness (QED) is 0.817. The average Bonchev–Trinajstić information content (AvgIpc) is 2.46. The van der Waals surface area contributed by atoms with Crippen LogP contribution in [0.3, 0.4) is 0 Å². The Morgan fingerprint density at radius 2 is 1.64 bits per heavy atom. The van der Waals surface area contributed by atoms with Crippen LogP contribution in [0.4, 0.5) is 18.0 Å². The predicted octanol–water partition coefficient (Wildman–Crippen LogP) is 4.60. The second-order valence-corrected chi connectivity index (χ2v) is 5.28. The Balaban J connectivity index is 2.71. The smallest absolute Gasteiger partial charge is 0.331 e. The molecule has 22 heavy (non-hydrogen) atoms. The van der Waals surface area contributed by atoms with Crippen LogP contribution < -0.4 is 5.32 Å². The molecule has 1 aromatic carbocycles. The highest BCUT2D eigenvalue weighted by atomic mass is 19.4. The molecule has 2 amide bonds. The van der Waals surface area contributed by atoms with Crippen molar-refractivity contribution in [3.8, 4) is 0 Å².